The molecule has 0 radical (unpaired) electrons. The van der Waals surface area contributed by atoms with Gasteiger partial charge in [0.1, 0.15) is 0 Å². The number of rotatable bonds is 5. The van der Waals surface area contributed by atoms with Gasteiger partial charge >= 0.3 is 0 Å². The second-order valence-corrected chi connectivity index (χ2v) is 15.8. The molecule has 58 heavy (non-hydrogen) atoms. The monoisotopic (exact) mass is 756 g/mol. The second-order valence-electron chi connectivity index (χ2n) is 14.7. The van der Waals surface area contributed by atoms with Crippen LogP contribution in [0.3, 0.4) is 0 Å². The van der Waals surface area contributed by atoms with E-state index in [1.54, 1.807) is 0 Å². The maximum absolute atomic E-state index is 9.52. The van der Waals surface area contributed by atoms with Crippen molar-refractivity contribution < 1.29 is 0 Å². The van der Waals surface area contributed by atoms with Crippen molar-refractivity contribution in [1.82, 2.24) is 15.0 Å². The molecule has 9 aromatic rings. The van der Waals surface area contributed by atoms with E-state index in [0.29, 0.717) is 23.0 Å². The Balaban J connectivity index is 1.15. The van der Waals surface area contributed by atoms with Crippen LogP contribution in [0.4, 0.5) is 0 Å². The smallest absolute Gasteiger partial charge is 0.164 e. The second kappa shape index (κ2) is 13.7. The van der Waals surface area contributed by atoms with Crippen LogP contribution in [0, 0.1) is 11.3 Å². The lowest BCUT2D eigenvalue weighted by Gasteiger charge is -2.39. The molecule has 8 aromatic carbocycles. The Labute approximate surface area is 341 Å². The van der Waals surface area contributed by atoms with Crippen molar-refractivity contribution in [3.63, 3.8) is 0 Å². The van der Waals surface area contributed by atoms with E-state index in [2.05, 4.69) is 152 Å². The van der Waals surface area contributed by atoms with E-state index in [1.807, 2.05) is 60.3 Å². The van der Waals surface area contributed by atoms with Gasteiger partial charge in [-0.1, -0.05) is 163 Å². The van der Waals surface area contributed by atoms with E-state index < -0.39 is 5.41 Å². The van der Waals surface area contributed by atoms with Crippen molar-refractivity contribution >= 4 is 11.8 Å². The van der Waals surface area contributed by atoms with Crippen molar-refractivity contribution in [2.45, 2.75) is 15.2 Å². The van der Waals surface area contributed by atoms with Gasteiger partial charge in [-0.2, -0.15) is 5.26 Å². The highest BCUT2D eigenvalue weighted by atomic mass is 32.2. The summed E-state index contributed by atoms with van der Waals surface area (Å²) in [6.07, 6.45) is 0. The Morgan fingerprint density at radius 3 is 1.41 bits per heavy atom. The summed E-state index contributed by atoms with van der Waals surface area (Å²) >= 11 is 1.83. The Morgan fingerprint density at radius 1 is 0.362 bits per heavy atom. The minimum atomic E-state index is -0.607. The van der Waals surface area contributed by atoms with Crippen molar-refractivity contribution in [3.8, 4) is 73.6 Å². The van der Waals surface area contributed by atoms with Crippen LogP contribution in [0.25, 0.3) is 67.5 Å². The molecule has 0 saturated carbocycles. The predicted octanol–water partition coefficient (Wildman–Crippen LogP) is 12.9. The summed E-state index contributed by atoms with van der Waals surface area (Å²) in [6, 6.07) is 70.4. The molecule has 4 nitrogen and oxygen atoms in total. The van der Waals surface area contributed by atoms with Crippen LogP contribution in [0.1, 0.15) is 27.8 Å². The first-order valence-corrected chi connectivity index (χ1v) is 20.1. The van der Waals surface area contributed by atoms with Gasteiger partial charge in [-0.25, -0.2) is 15.0 Å². The normalized spacial score (nSPS) is 12.9. The number of nitrogens with zero attached hydrogens (tertiary/aromatic N) is 4. The third kappa shape index (κ3) is 5.42. The average Bonchev–Trinajstić information content (AvgIpc) is 3.58. The Morgan fingerprint density at radius 2 is 0.793 bits per heavy atom. The van der Waals surface area contributed by atoms with Gasteiger partial charge in [-0.05, 0) is 98.1 Å². The fourth-order valence-electron chi connectivity index (χ4n) is 8.77. The highest BCUT2D eigenvalue weighted by Gasteiger charge is 2.50. The third-order valence-electron chi connectivity index (χ3n) is 11.4. The van der Waals surface area contributed by atoms with Gasteiger partial charge < -0.3 is 0 Å². The van der Waals surface area contributed by atoms with Crippen LogP contribution in [-0.2, 0) is 5.41 Å². The fraction of sp³-hybridized carbons (Fsp3) is 0.0189. The largest absolute Gasteiger partial charge is 0.208 e. The van der Waals surface area contributed by atoms with E-state index >= 15 is 0 Å². The zero-order valence-electron chi connectivity index (χ0n) is 31.2. The molecular formula is C53H32N4S. The molecule has 0 N–H and O–H groups in total. The van der Waals surface area contributed by atoms with Gasteiger partial charge in [-0.15, -0.1) is 0 Å². The lowest BCUT2D eigenvalue weighted by Crippen LogP contribution is -2.32. The number of aromatic nitrogens is 3. The van der Waals surface area contributed by atoms with Crippen molar-refractivity contribution in [2.24, 2.45) is 0 Å². The van der Waals surface area contributed by atoms with Crippen molar-refractivity contribution in [1.29, 1.82) is 5.26 Å². The van der Waals surface area contributed by atoms with E-state index in [9.17, 15) is 5.26 Å². The minimum absolute atomic E-state index is 0.607. The summed E-state index contributed by atoms with van der Waals surface area (Å²) in [7, 11) is 0. The van der Waals surface area contributed by atoms with Crippen LogP contribution in [0.2, 0.25) is 0 Å². The van der Waals surface area contributed by atoms with Gasteiger partial charge in [-0.3, -0.25) is 0 Å². The summed E-state index contributed by atoms with van der Waals surface area (Å²) in [5.74, 6) is 1.87. The maximum Gasteiger partial charge on any atom is 0.164 e. The zero-order chi connectivity index (χ0) is 38.6. The Hall–Kier alpha value is -7.39. The molecule has 0 saturated heterocycles. The highest BCUT2D eigenvalue weighted by Crippen LogP contribution is 2.62. The first-order chi connectivity index (χ1) is 28.7. The molecule has 0 amide bonds. The number of hydrogen-bond donors (Lipinski definition) is 0. The lowest BCUT2D eigenvalue weighted by molar-refractivity contribution is 0.722. The fourth-order valence-corrected chi connectivity index (χ4v) is 9.97. The summed E-state index contributed by atoms with van der Waals surface area (Å²) < 4.78 is 0. The van der Waals surface area contributed by atoms with Gasteiger partial charge in [0.05, 0.1) is 17.0 Å². The standard InChI is InChI=1S/C53H32N4S/c54-33-34-22-24-36(25-23-34)39-26-28-42-43-29-27-41(32-47(43)53(46(42)31-39)44-18-7-9-20-48(44)58-49-21-10-8-19-45(49)53)52-56-50(37-14-5-2-6-15-37)55-51(57-52)40-17-11-16-38(30-40)35-12-3-1-4-13-35/h1-32H. The minimum Gasteiger partial charge on any atom is -0.208 e. The Bertz CT molecular complexity index is 3050. The maximum atomic E-state index is 9.52. The average molecular weight is 757 g/mol. The van der Waals surface area contributed by atoms with Gasteiger partial charge in [0.25, 0.3) is 0 Å². The molecule has 0 fully saturated rings. The van der Waals surface area contributed by atoms with Crippen LogP contribution < -0.4 is 0 Å². The van der Waals surface area contributed by atoms with E-state index in [4.69, 9.17) is 15.0 Å². The molecule has 2 aliphatic rings. The molecule has 1 aliphatic carbocycles. The summed E-state index contributed by atoms with van der Waals surface area (Å²) in [5.41, 5.74) is 14.6. The highest BCUT2D eigenvalue weighted by molar-refractivity contribution is 7.99. The van der Waals surface area contributed by atoms with Crippen LogP contribution in [-0.4, -0.2) is 15.0 Å². The number of nitriles is 1. The van der Waals surface area contributed by atoms with E-state index in [-0.39, 0.29) is 0 Å². The van der Waals surface area contributed by atoms with Crippen molar-refractivity contribution in [3.05, 3.63) is 222 Å². The van der Waals surface area contributed by atoms with Gasteiger partial charge in [0, 0.05) is 26.5 Å². The topological polar surface area (TPSA) is 62.5 Å². The molecule has 0 unspecified atom stereocenters. The van der Waals surface area contributed by atoms with E-state index in [1.165, 1.54) is 43.2 Å². The Kier molecular flexibility index (Phi) is 7.99. The molecule has 1 aliphatic heterocycles. The zero-order valence-corrected chi connectivity index (χ0v) is 32.0. The first kappa shape index (κ1) is 33.9. The van der Waals surface area contributed by atoms with Crippen LogP contribution >= 0.6 is 11.8 Å². The molecule has 1 spiro atoms. The molecule has 5 heteroatoms. The summed E-state index contributed by atoms with van der Waals surface area (Å²) in [4.78, 5) is 18.0. The first-order valence-electron chi connectivity index (χ1n) is 19.3. The van der Waals surface area contributed by atoms with E-state index in [0.717, 1.165) is 38.9 Å². The molecule has 2 heterocycles. The lowest BCUT2D eigenvalue weighted by atomic mass is 9.67. The molecule has 11 rings (SSSR count). The van der Waals surface area contributed by atoms with Gasteiger partial charge in [0.2, 0.25) is 0 Å². The molecule has 1 aromatic heterocycles. The molecule has 0 atom stereocenters. The number of benzene rings is 8. The summed E-state index contributed by atoms with van der Waals surface area (Å²) in [5, 5.41) is 9.52. The summed E-state index contributed by atoms with van der Waals surface area (Å²) in [6.45, 7) is 0. The number of hydrogen-bond acceptors (Lipinski definition) is 5. The van der Waals surface area contributed by atoms with Crippen LogP contribution in [0.15, 0.2) is 204 Å². The van der Waals surface area contributed by atoms with Crippen LogP contribution in [0.5, 0.6) is 0 Å². The molecule has 270 valence electrons. The third-order valence-corrected chi connectivity index (χ3v) is 12.6. The molecular weight excluding hydrogens is 725 g/mol. The SMILES string of the molecule is N#Cc1ccc(-c2ccc3c(c2)C2(c4ccccc4Sc4ccccc42)c2cc(-c4nc(-c5ccccc5)nc(-c5cccc(-c6ccccc6)c5)n4)ccc2-3)cc1. The predicted molar refractivity (Wildman–Crippen MR) is 233 cm³/mol. The van der Waals surface area contributed by atoms with Crippen molar-refractivity contribution in [2.75, 3.05) is 0 Å². The number of fused-ring (bicyclic) bond motifs is 9. The quantitative estimate of drug-likeness (QED) is 0.175. The van der Waals surface area contributed by atoms with Gasteiger partial charge in [0.15, 0.2) is 17.5 Å². The molecule has 0 bridgehead atoms.